The molecular formula is C12H17N5O2S2. The van der Waals surface area contributed by atoms with E-state index in [0.29, 0.717) is 11.7 Å². The van der Waals surface area contributed by atoms with Gasteiger partial charge in [-0.2, -0.15) is 0 Å². The van der Waals surface area contributed by atoms with Crippen LogP contribution in [0, 0.1) is 0 Å². The minimum absolute atomic E-state index is 0.0162. The molecule has 1 N–H and O–H groups in total. The van der Waals surface area contributed by atoms with Crippen molar-refractivity contribution in [1.82, 2.24) is 19.7 Å². The topological polar surface area (TPSA) is 84.1 Å². The Morgan fingerprint density at radius 2 is 2.33 bits per heavy atom. The first-order valence-corrected chi connectivity index (χ1v) is 8.40. The first kappa shape index (κ1) is 15.8. The molecule has 0 fully saturated rings. The average molecular weight is 327 g/mol. The molecule has 0 saturated heterocycles. The molecule has 0 bridgehead atoms. The van der Waals surface area contributed by atoms with Gasteiger partial charge in [0.2, 0.25) is 5.95 Å². The van der Waals surface area contributed by atoms with Crippen molar-refractivity contribution in [2.45, 2.75) is 31.6 Å². The van der Waals surface area contributed by atoms with Gasteiger partial charge in [-0.25, -0.2) is 4.98 Å². The molecule has 0 radical (unpaired) electrons. The van der Waals surface area contributed by atoms with Gasteiger partial charge in [-0.3, -0.25) is 9.36 Å². The number of thioether (sulfide) groups is 1. The molecule has 0 spiro atoms. The molecule has 2 aromatic heterocycles. The number of aliphatic carboxylic acids is 1. The lowest BCUT2D eigenvalue weighted by molar-refractivity contribution is -0.133. The Balaban J connectivity index is 2.15. The molecule has 0 atom stereocenters. The van der Waals surface area contributed by atoms with Crippen molar-refractivity contribution >= 4 is 35.0 Å². The van der Waals surface area contributed by atoms with E-state index < -0.39 is 5.97 Å². The van der Waals surface area contributed by atoms with Crippen molar-refractivity contribution in [3.8, 4) is 0 Å². The van der Waals surface area contributed by atoms with E-state index in [1.807, 2.05) is 21.9 Å². The van der Waals surface area contributed by atoms with Crippen molar-refractivity contribution in [2.24, 2.45) is 0 Å². The zero-order chi connectivity index (χ0) is 15.2. The Kier molecular flexibility index (Phi) is 5.57. The van der Waals surface area contributed by atoms with E-state index in [2.05, 4.69) is 22.1 Å². The predicted octanol–water partition coefficient (Wildman–Crippen LogP) is 1.96. The molecule has 0 amide bonds. The molecule has 2 rings (SSSR count). The van der Waals surface area contributed by atoms with E-state index in [1.54, 1.807) is 16.8 Å². The number of aromatic nitrogens is 4. The number of thiazole rings is 1. The molecule has 0 saturated carbocycles. The van der Waals surface area contributed by atoms with Gasteiger partial charge in [0, 0.05) is 19.0 Å². The molecule has 0 aliphatic rings. The molecule has 0 aliphatic carbocycles. The summed E-state index contributed by atoms with van der Waals surface area (Å²) in [5, 5.41) is 19.7. The summed E-state index contributed by atoms with van der Waals surface area (Å²) in [6.45, 7) is 3.47. The Morgan fingerprint density at radius 1 is 1.52 bits per heavy atom. The lowest BCUT2D eigenvalue weighted by Gasteiger charge is -2.18. The van der Waals surface area contributed by atoms with E-state index >= 15 is 0 Å². The summed E-state index contributed by atoms with van der Waals surface area (Å²) >= 11 is 2.75. The summed E-state index contributed by atoms with van der Waals surface area (Å²) < 4.78 is 1.96. The summed E-state index contributed by atoms with van der Waals surface area (Å²) in [7, 11) is 1.93. The van der Waals surface area contributed by atoms with Crippen LogP contribution in [0.15, 0.2) is 16.0 Å². The third-order valence-electron chi connectivity index (χ3n) is 2.69. The molecule has 21 heavy (non-hydrogen) atoms. The van der Waals surface area contributed by atoms with Gasteiger partial charge in [0.15, 0.2) is 5.16 Å². The van der Waals surface area contributed by atoms with E-state index in [1.165, 1.54) is 11.8 Å². The molecule has 9 heteroatoms. The maximum Gasteiger partial charge on any atom is 0.313 e. The van der Waals surface area contributed by atoms with E-state index in [-0.39, 0.29) is 5.75 Å². The smallest absolute Gasteiger partial charge is 0.313 e. The number of hydrogen-bond donors (Lipinski definition) is 1. The van der Waals surface area contributed by atoms with Crippen LogP contribution in [-0.4, -0.2) is 43.6 Å². The van der Waals surface area contributed by atoms with Gasteiger partial charge in [0.1, 0.15) is 0 Å². The van der Waals surface area contributed by atoms with Gasteiger partial charge in [0.25, 0.3) is 0 Å². The fraction of sp³-hybridized carbons (Fsp3) is 0.500. The van der Waals surface area contributed by atoms with Gasteiger partial charge in [-0.05, 0) is 6.42 Å². The highest BCUT2D eigenvalue weighted by Crippen LogP contribution is 2.22. The lowest BCUT2D eigenvalue weighted by Crippen LogP contribution is -2.21. The Morgan fingerprint density at radius 3 is 2.95 bits per heavy atom. The first-order valence-electron chi connectivity index (χ1n) is 6.47. The maximum atomic E-state index is 10.7. The summed E-state index contributed by atoms with van der Waals surface area (Å²) in [5.74, 6) is -0.140. The Bertz CT molecular complexity index is 584. The van der Waals surface area contributed by atoms with E-state index in [9.17, 15) is 4.79 Å². The molecule has 7 nitrogen and oxygen atoms in total. The standard InChI is InChI=1S/C12H17N5O2S2/c1-3-4-17-11(14-15-12(17)21-7-10(18)19)16(2)5-9-6-20-8-13-9/h6,8H,3-5,7H2,1-2H3,(H,18,19). The summed E-state index contributed by atoms with van der Waals surface area (Å²) in [6.07, 6.45) is 0.927. The highest BCUT2D eigenvalue weighted by atomic mass is 32.2. The van der Waals surface area contributed by atoms with Gasteiger partial charge in [0.05, 0.1) is 23.5 Å². The normalized spacial score (nSPS) is 10.8. The Hall–Kier alpha value is -1.61. The van der Waals surface area contributed by atoms with Crippen molar-refractivity contribution < 1.29 is 9.90 Å². The van der Waals surface area contributed by atoms with Crippen LogP contribution < -0.4 is 4.90 Å². The van der Waals surface area contributed by atoms with Gasteiger partial charge in [-0.1, -0.05) is 18.7 Å². The quantitative estimate of drug-likeness (QED) is 0.742. The van der Waals surface area contributed by atoms with Crippen LogP contribution >= 0.6 is 23.1 Å². The van der Waals surface area contributed by atoms with Crippen molar-refractivity contribution in [3.63, 3.8) is 0 Å². The average Bonchev–Trinajstić information content (AvgIpc) is 3.06. The number of rotatable bonds is 8. The number of anilines is 1. The van der Waals surface area contributed by atoms with Crippen LogP contribution in [0.2, 0.25) is 0 Å². The minimum Gasteiger partial charge on any atom is -0.481 e. The highest BCUT2D eigenvalue weighted by molar-refractivity contribution is 7.99. The molecule has 0 aliphatic heterocycles. The minimum atomic E-state index is -0.858. The molecule has 2 aromatic rings. The fourth-order valence-electron chi connectivity index (χ4n) is 1.85. The van der Waals surface area contributed by atoms with Crippen LogP contribution in [0.4, 0.5) is 5.95 Å². The maximum absolute atomic E-state index is 10.7. The lowest BCUT2D eigenvalue weighted by atomic mass is 10.4. The summed E-state index contributed by atoms with van der Waals surface area (Å²) in [5.41, 5.74) is 2.78. The summed E-state index contributed by atoms with van der Waals surface area (Å²) in [4.78, 5) is 16.9. The fourth-order valence-corrected chi connectivity index (χ4v) is 3.07. The van der Waals surface area contributed by atoms with Crippen molar-refractivity contribution in [2.75, 3.05) is 17.7 Å². The number of carboxylic acid groups (broad SMARTS) is 1. The third kappa shape index (κ3) is 4.18. The molecule has 0 aromatic carbocycles. The van der Waals surface area contributed by atoms with Crippen LogP contribution in [0.25, 0.3) is 0 Å². The second-order valence-electron chi connectivity index (χ2n) is 4.45. The van der Waals surface area contributed by atoms with Crippen LogP contribution in [0.1, 0.15) is 19.0 Å². The molecule has 2 heterocycles. The predicted molar refractivity (Wildman–Crippen MR) is 82.9 cm³/mol. The van der Waals surface area contributed by atoms with Gasteiger partial charge in [-0.15, -0.1) is 21.5 Å². The van der Waals surface area contributed by atoms with Crippen LogP contribution in [0.3, 0.4) is 0 Å². The third-order valence-corrected chi connectivity index (χ3v) is 4.28. The van der Waals surface area contributed by atoms with Crippen molar-refractivity contribution in [3.05, 3.63) is 16.6 Å². The van der Waals surface area contributed by atoms with Crippen LogP contribution in [0.5, 0.6) is 0 Å². The molecule has 114 valence electrons. The van der Waals surface area contributed by atoms with Gasteiger partial charge < -0.3 is 10.0 Å². The molecular weight excluding hydrogens is 310 g/mol. The van der Waals surface area contributed by atoms with E-state index in [0.717, 1.165) is 24.6 Å². The number of carboxylic acids is 1. The first-order chi connectivity index (χ1) is 10.1. The summed E-state index contributed by atoms with van der Waals surface area (Å²) in [6, 6.07) is 0. The Labute approximate surface area is 131 Å². The van der Waals surface area contributed by atoms with Crippen LogP contribution in [-0.2, 0) is 17.9 Å². The number of nitrogens with zero attached hydrogens (tertiary/aromatic N) is 5. The zero-order valence-corrected chi connectivity index (χ0v) is 13.5. The van der Waals surface area contributed by atoms with Gasteiger partial charge >= 0.3 is 5.97 Å². The SMILES string of the molecule is CCCn1c(SCC(=O)O)nnc1N(C)Cc1cscn1. The molecule has 0 unspecified atom stereocenters. The largest absolute Gasteiger partial charge is 0.481 e. The monoisotopic (exact) mass is 327 g/mol. The van der Waals surface area contributed by atoms with Crippen molar-refractivity contribution in [1.29, 1.82) is 0 Å². The highest BCUT2D eigenvalue weighted by Gasteiger charge is 2.17. The number of hydrogen-bond acceptors (Lipinski definition) is 7. The zero-order valence-electron chi connectivity index (χ0n) is 11.9. The second-order valence-corrected chi connectivity index (χ2v) is 6.11. The number of carbonyl (C=O) groups is 1. The van der Waals surface area contributed by atoms with E-state index in [4.69, 9.17) is 5.11 Å². The second kappa shape index (κ2) is 7.41.